The maximum Gasteiger partial charge on any atom is 0.257 e. The van der Waals surface area contributed by atoms with Crippen LogP contribution < -0.4 is 0 Å². The Morgan fingerprint density at radius 2 is 1.96 bits per heavy atom. The van der Waals surface area contributed by atoms with Gasteiger partial charge >= 0.3 is 0 Å². The van der Waals surface area contributed by atoms with Crippen LogP contribution in [0.1, 0.15) is 29.1 Å². The highest BCUT2D eigenvalue weighted by Crippen LogP contribution is 2.31. The van der Waals surface area contributed by atoms with Crippen LogP contribution in [0.5, 0.6) is 0 Å². The van der Waals surface area contributed by atoms with E-state index in [0.717, 1.165) is 25.0 Å². The monoisotopic (exact) mass is 389 g/mol. The van der Waals surface area contributed by atoms with Crippen LogP contribution in [0.25, 0.3) is 11.5 Å². The highest BCUT2D eigenvalue weighted by molar-refractivity contribution is 6.33. The Hall–Kier alpha value is -2.80. The molecule has 1 heterocycles. The van der Waals surface area contributed by atoms with Gasteiger partial charge in [0.2, 0.25) is 11.8 Å². The van der Waals surface area contributed by atoms with E-state index >= 15 is 0 Å². The van der Waals surface area contributed by atoms with E-state index in [1.54, 1.807) is 24.3 Å². The molecular formula is C19H14ClF2N3O2. The predicted octanol–water partition coefficient (Wildman–Crippen LogP) is 4.47. The van der Waals surface area contributed by atoms with E-state index in [0.29, 0.717) is 16.7 Å². The summed E-state index contributed by atoms with van der Waals surface area (Å²) in [4.78, 5) is 14.2. The van der Waals surface area contributed by atoms with E-state index in [1.165, 1.54) is 4.90 Å². The molecule has 0 bridgehead atoms. The largest absolute Gasteiger partial charge is 0.419 e. The highest BCUT2D eigenvalue weighted by Gasteiger charge is 2.35. The lowest BCUT2D eigenvalue weighted by Crippen LogP contribution is -2.33. The minimum Gasteiger partial charge on any atom is -0.419 e. The van der Waals surface area contributed by atoms with Crippen LogP contribution in [0.2, 0.25) is 5.02 Å². The molecule has 5 nitrogen and oxygen atoms in total. The number of halogens is 3. The zero-order valence-corrected chi connectivity index (χ0v) is 14.8. The summed E-state index contributed by atoms with van der Waals surface area (Å²) in [6, 6.07) is 9.90. The lowest BCUT2D eigenvalue weighted by Gasteiger charge is -2.20. The quantitative estimate of drug-likeness (QED) is 0.645. The minimum atomic E-state index is -0.895. The van der Waals surface area contributed by atoms with Crippen molar-refractivity contribution < 1.29 is 18.0 Å². The van der Waals surface area contributed by atoms with Gasteiger partial charge in [0.25, 0.3) is 5.91 Å². The molecule has 0 N–H and O–H groups in total. The standard InChI is InChI=1S/C19H14ClF2N3O2/c20-15-4-2-1-3-13(15)18-24-23-17(27-18)10-25(12-6-7-12)19(26)14-8-5-11(21)9-16(14)22/h1-5,8-9,12H,6-7,10H2. The van der Waals surface area contributed by atoms with E-state index in [1.807, 2.05) is 0 Å². The Morgan fingerprint density at radius 3 is 2.67 bits per heavy atom. The molecule has 4 rings (SSSR count). The van der Waals surface area contributed by atoms with Crippen LogP contribution in [-0.4, -0.2) is 27.0 Å². The molecule has 8 heteroatoms. The third kappa shape index (κ3) is 3.68. The summed E-state index contributed by atoms with van der Waals surface area (Å²) in [5, 5.41) is 8.42. The van der Waals surface area contributed by atoms with Crippen molar-refractivity contribution in [1.82, 2.24) is 15.1 Å². The third-order valence-corrected chi connectivity index (χ3v) is 4.62. The SMILES string of the molecule is O=C(c1ccc(F)cc1F)N(Cc1nnc(-c2ccccc2Cl)o1)C1CC1. The molecule has 0 spiro atoms. The van der Waals surface area contributed by atoms with Gasteiger partial charge in [0.05, 0.1) is 22.7 Å². The maximum absolute atomic E-state index is 14.0. The molecule has 0 aliphatic heterocycles. The van der Waals surface area contributed by atoms with Crippen LogP contribution >= 0.6 is 11.6 Å². The smallest absolute Gasteiger partial charge is 0.257 e. The number of amides is 1. The third-order valence-electron chi connectivity index (χ3n) is 4.29. The Morgan fingerprint density at radius 1 is 1.19 bits per heavy atom. The Bertz CT molecular complexity index is 1000. The second-order valence-corrected chi connectivity index (χ2v) is 6.68. The summed E-state index contributed by atoms with van der Waals surface area (Å²) in [7, 11) is 0. The van der Waals surface area contributed by atoms with E-state index in [2.05, 4.69) is 10.2 Å². The first-order valence-corrected chi connectivity index (χ1v) is 8.74. The topological polar surface area (TPSA) is 59.2 Å². The van der Waals surface area contributed by atoms with Crippen LogP contribution in [0.15, 0.2) is 46.9 Å². The van der Waals surface area contributed by atoms with Gasteiger partial charge < -0.3 is 9.32 Å². The van der Waals surface area contributed by atoms with Crippen molar-refractivity contribution in [2.75, 3.05) is 0 Å². The summed E-state index contributed by atoms with van der Waals surface area (Å²) in [5.41, 5.74) is 0.404. The second kappa shape index (κ2) is 7.08. The van der Waals surface area contributed by atoms with Gasteiger partial charge in [-0.1, -0.05) is 23.7 Å². The number of hydrogen-bond donors (Lipinski definition) is 0. The van der Waals surface area contributed by atoms with Crippen molar-refractivity contribution >= 4 is 17.5 Å². The van der Waals surface area contributed by atoms with Crippen molar-refractivity contribution in [2.45, 2.75) is 25.4 Å². The average molecular weight is 390 g/mol. The van der Waals surface area contributed by atoms with E-state index in [4.69, 9.17) is 16.0 Å². The number of carbonyl (C=O) groups is 1. The van der Waals surface area contributed by atoms with Gasteiger partial charge in [0.15, 0.2) is 0 Å². The van der Waals surface area contributed by atoms with E-state index in [-0.39, 0.29) is 29.9 Å². The number of carbonyl (C=O) groups excluding carboxylic acids is 1. The second-order valence-electron chi connectivity index (χ2n) is 6.27. The molecule has 0 radical (unpaired) electrons. The number of aromatic nitrogens is 2. The molecule has 0 atom stereocenters. The molecule has 0 unspecified atom stereocenters. The average Bonchev–Trinajstić information content (AvgIpc) is 3.38. The fourth-order valence-corrected chi connectivity index (χ4v) is 2.99. The van der Waals surface area contributed by atoms with E-state index < -0.39 is 17.5 Å². The number of nitrogens with zero attached hydrogens (tertiary/aromatic N) is 3. The van der Waals surface area contributed by atoms with Gasteiger partial charge in [-0.05, 0) is 37.1 Å². The van der Waals surface area contributed by atoms with Gasteiger partial charge in [0.1, 0.15) is 11.6 Å². The van der Waals surface area contributed by atoms with Crippen LogP contribution in [0, 0.1) is 11.6 Å². The van der Waals surface area contributed by atoms with Gasteiger partial charge in [-0.25, -0.2) is 8.78 Å². The number of benzene rings is 2. The van der Waals surface area contributed by atoms with Gasteiger partial charge in [-0.15, -0.1) is 10.2 Å². The van der Waals surface area contributed by atoms with Gasteiger partial charge in [-0.3, -0.25) is 4.79 Å². The molecule has 1 amide bonds. The summed E-state index contributed by atoms with van der Waals surface area (Å²) in [6.07, 6.45) is 1.61. The van der Waals surface area contributed by atoms with Crippen molar-refractivity contribution in [3.05, 3.63) is 70.6 Å². The number of rotatable bonds is 5. The zero-order chi connectivity index (χ0) is 19.0. The first-order chi connectivity index (χ1) is 13.0. The fraction of sp³-hybridized carbons (Fsp3) is 0.211. The first-order valence-electron chi connectivity index (χ1n) is 8.36. The summed E-state index contributed by atoms with van der Waals surface area (Å²) >= 11 is 6.13. The zero-order valence-electron chi connectivity index (χ0n) is 14.0. The molecule has 0 saturated heterocycles. The van der Waals surface area contributed by atoms with Crippen molar-refractivity contribution in [1.29, 1.82) is 0 Å². The van der Waals surface area contributed by atoms with Gasteiger partial charge in [0, 0.05) is 12.1 Å². The Labute approximate surface area is 158 Å². The van der Waals surface area contributed by atoms with Gasteiger partial charge in [-0.2, -0.15) is 0 Å². The normalized spacial score (nSPS) is 13.6. The fourth-order valence-electron chi connectivity index (χ4n) is 2.78. The lowest BCUT2D eigenvalue weighted by molar-refractivity contribution is 0.0709. The predicted molar refractivity (Wildman–Crippen MR) is 94.0 cm³/mol. The summed E-state index contributed by atoms with van der Waals surface area (Å²) in [5.74, 6) is -1.71. The summed E-state index contributed by atoms with van der Waals surface area (Å²) in [6.45, 7) is 0.0395. The highest BCUT2D eigenvalue weighted by atomic mass is 35.5. The molecule has 1 saturated carbocycles. The van der Waals surface area contributed by atoms with Crippen LogP contribution in [-0.2, 0) is 6.54 Å². The first kappa shape index (κ1) is 17.6. The van der Waals surface area contributed by atoms with Crippen molar-refractivity contribution in [3.8, 4) is 11.5 Å². The number of hydrogen-bond acceptors (Lipinski definition) is 4. The maximum atomic E-state index is 14.0. The molecule has 138 valence electrons. The molecule has 1 aliphatic carbocycles. The molecule has 1 aliphatic rings. The molecule has 2 aromatic carbocycles. The lowest BCUT2D eigenvalue weighted by atomic mass is 10.1. The van der Waals surface area contributed by atoms with Crippen molar-refractivity contribution in [2.24, 2.45) is 0 Å². The van der Waals surface area contributed by atoms with Crippen LogP contribution in [0.3, 0.4) is 0 Å². The van der Waals surface area contributed by atoms with Crippen LogP contribution in [0.4, 0.5) is 8.78 Å². The molecular weight excluding hydrogens is 376 g/mol. The van der Waals surface area contributed by atoms with Crippen molar-refractivity contribution in [3.63, 3.8) is 0 Å². The Balaban J connectivity index is 1.58. The molecule has 3 aromatic rings. The molecule has 1 fully saturated rings. The Kier molecular flexibility index (Phi) is 4.61. The minimum absolute atomic E-state index is 0.0300. The molecule has 1 aromatic heterocycles. The van der Waals surface area contributed by atoms with E-state index in [9.17, 15) is 13.6 Å². The summed E-state index contributed by atoms with van der Waals surface area (Å²) < 4.78 is 32.8. The molecule has 27 heavy (non-hydrogen) atoms.